The Hall–Kier alpha value is -1.96. The molecule has 0 saturated carbocycles. The zero-order valence-corrected chi connectivity index (χ0v) is 13.2. The summed E-state index contributed by atoms with van der Waals surface area (Å²) in [6.07, 6.45) is 0. The molecule has 0 saturated heterocycles. The highest BCUT2D eigenvalue weighted by atomic mass is 79.9. The first-order valence-electron chi connectivity index (χ1n) is 6.15. The van der Waals surface area contributed by atoms with E-state index in [1.807, 2.05) is 0 Å². The fourth-order valence-electron chi connectivity index (χ4n) is 1.85. The number of nitro groups is 1. The predicted molar refractivity (Wildman–Crippen MR) is 78.1 cm³/mol. The number of halogens is 2. The lowest BCUT2D eigenvalue weighted by Crippen LogP contribution is -1.99. The average Bonchev–Trinajstić information content (AvgIpc) is 2.72. The number of hydrogen-bond acceptors (Lipinski definition) is 4. The Balaban J connectivity index is 2.54. The summed E-state index contributed by atoms with van der Waals surface area (Å²) < 4.78 is 21.0. The zero-order valence-electron chi connectivity index (χ0n) is 11.6. The Labute approximate surface area is 128 Å². The van der Waals surface area contributed by atoms with Crippen LogP contribution in [0, 0.1) is 15.9 Å². The van der Waals surface area contributed by atoms with E-state index >= 15 is 0 Å². The standard InChI is InChI=1S/C13H13BrFN3O3/c1-7(2)11-12(18(19)20)13(17(3)16-11)21-10-6-8(14)4-5-9(10)15/h4-7H,1-3H3. The summed E-state index contributed by atoms with van der Waals surface area (Å²) in [5, 5.41) is 15.4. The summed E-state index contributed by atoms with van der Waals surface area (Å²) in [5.74, 6) is -0.965. The van der Waals surface area contributed by atoms with Gasteiger partial charge < -0.3 is 4.74 Å². The SMILES string of the molecule is CC(C)c1nn(C)c(Oc2cc(Br)ccc2F)c1[N+](=O)[O-]. The number of benzene rings is 1. The molecule has 0 aliphatic heterocycles. The van der Waals surface area contributed by atoms with Gasteiger partial charge in [-0.2, -0.15) is 5.10 Å². The first-order chi connectivity index (χ1) is 9.81. The molecule has 0 fully saturated rings. The molecule has 0 bridgehead atoms. The molecule has 0 aliphatic carbocycles. The van der Waals surface area contributed by atoms with Crippen molar-refractivity contribution in [2.24, 2.45) is 7.05 Å². The molecule has 0 aliphatic rings. The van der Waals surface area contributed by atoms with Gasteiger partial charge in [-0.3, -0.25) is 10.1 Å². The molecule has 6 nitrogen and oxygen atoms in total. The highest BCUT2D eigenvalue weighted by Crippen LogP contribution is 2.38. The van der Waals surface area contributed by atoms with Crippen LogP contribution < -0.4 is 4.74 Å². The lowest BCUT2D eigenvalue weighted by molar-refractivity contribution is -0.386. The summed E-state index contributed by atoms with van der Waals surface area (Å²) in [4.78, 5) is 10.7. The van der Waals surface area contributed by atoms with E-state index in [4.69, 9.17) is 4.74 Å². The molecule has 0 unspecified atom stereocenters. The maximum atomic E-state index is 13.7. The van der Waals surface area contributed by atoms with Gasteiger partial charge in [-0.15, -0.1) is 0 Å². The van der Waals surface area contributed by atoms with Crippen molar-refractivity contribution < 1.29 is 14.1 Å². The van der Waals surface area contributed by atoms with Gasteiger partial charge in [0.25, 0.3) is 5.88 Å². The van der Waals surface area contributed by atoms with E-state index < -0.39 is 10.7 Å². The summed E-state index contributed by atoms with van der Waals surface area (Å²) in [5.41, 5.74) is 0.0554. The molecule has 1 aromatic carbocycles. The fraction of sp³-hybridized carbons (Fsp3) is 0.308. The van der Waals surface area contributed by atoms with E-state index in [0.29, 0.717) is 10.2 Å². The van der Waals surface area contributed by atoms with Crippen molar-refractivity contribution >= 4 is 21.6 Å². The van der Waals surface area contributed by atoms with Crippen LogP contribution in [0.1, 0.15) is 25.5 Å². The van der Waals surface area contributed by atoms with Gasteiger partial charge in [0.2, 0.25) is 0 Å². The molecule has 112 valence electrons. The molecule has 0 N–H and O–H groups in total. The van der Waals surface area contributed by atoms with Crippen molar-refractivity contribution in [2.45, 2.75) is 19.8 Å². The van der Waals surface area contributed by atoms with E-state index in [2.05, 4.69) is 21.0 Å². The van der Waals surface area contributed by atoms with Crippen LogP contribution >= 0.6 is 15.9 Å². The first-order valence-corrected chi connectivity index (χ1v) is 6.94. The minimum Gasteiger partial charge on any atom is -0.431 e. The van der Waals surface area contributed by atoms with E-state index in [-0.39, 0.29) is 23.2 Å². The Morgan fingerprint density at radius 1 is 1.48 bits per heavy atom. The van der Waals surface area contributed by atoms with Crippen LogP contribution in [0.2, 0.25) is 0 Å². The molecule has 1 heterocycles. The molecule has 0 radical (unpaired) electrons. The third-order valence-corrected chi connectivity index (χ3v) is 3.32. The molecule has 1 aromatic heterocycles. The van der Waals surface area contributed by atoms with Crippen LogP contribution in [0.4, 0.5) is 10.1 Å². The van der Waals surface area contributed by atoms with Gasteiger partial charge >= 0.3 is 5.69 Å². The van der Waals surface area contributed by atoms with Crippen LogP contribution in [0.25, 0.3) is 0 Å². The third-order valence-electron chi connectivity index (χ3n) is 2.83. The van der Waals surface area contributed by atoms with Crippen LogP contribution in [-0.4, -0.2) is 14.7 Å². The van der Waals surface area contributed by atoms with Crippen molar-refractivity contribution in [3.05, 3.63) is 44.3 Å². The quantitative estimate of drug-likeness (QED) is 0.608. The van der Waals surface area contributed by atoms with Gasteiger partial charge in [0.05, 0.1) is 4.92 Å². The maximum absolute atomic E-state index is 13.7. The Morgan fingerprint density at radius 2 is 2.14 bits per heavy atom. The predicted octanol–water partition coefficient (Wildman–Crippen LogP) is 4.15. The van der Waals surface area contributed by atoms with E-state index in [1.54, 1.807) is 13.8 Å². The molecular formula is C13H13BrFN3O3. The second-order valence-corrected chi connectivity index (χ2v) is 5.67. The van der Waals surface area contributed by atoms with E-state index in [0.717, 1.165) is 0 Å². The van der Waals surface area contributed by atoms with Crippen molar-refractivity contribution in [3.63, 3.8) is 0 Å². The van der Waals surface area contributed by atoms with Crippen LogP contribution in [-0.2, 0) is 7.05 Å². The molecule has 21 heavy (non-hydrogen) atoms. The average molecular weight is 358 g/mol. The first kappa shape index (κ1) is 15.4. The van der Waals surface area contributed by atoms with Crippen LogP contribution in [0.3, 0.4) is 0 Å². The molecule has 8 heteroatoms. The number of hydrogen-bond donors (Lipinski definition) is 0. The molecular weight excluding hydrogens is 345 g/mol. The molecule has 2 rings (SSSR count). The minimum atomic E-state index is -0.611. The van der Waals surface area contributed by atoms with Gasteiger partial charge in [0.15, 0.2) is 11.6 Å². The van der Waals surface area contributed by atoms with E-state index in [1.165, 1.54) is 29.9 Å². The monoisotopic (exact) mass is 357 g/mol. The van der Waals surface area contributed by atoms with E-state index in [9.17, 15) is 14.5 Å². The van der Waals surface area contributed by atoms with Gasteiger partial charge in [0, 0.05) is 17.4 Å². The van der Waals surface area contributed by atoms with Crippen LogP contribution in [0.5, 0.6) is 11.6 Å². The Bertz CT molecular complexity index is 700. The minimum absolute atomic E-state index is 0.0966. The number of aryl methyl sites for hydroxylation is 1. The lowest BCUT2D eigenvalue weighted by atomic mass is 10.1. The third kappa shape index (κ3) is 3.05. The largest absolute Gasteiger partial charge is 0.431 e. The van der Waals surface area contributed by atoms with Gasteiger partial charge in [-0.25, -0.2) is 9.07 Å². The maximum Gasteiger partial charge on any atom is 0.354 e. The summed E-state index contributed by atoms with van der Waals surface area (Å²) >= 11 is 3.20. The van der Waals surface area contributed by atoms with Gasteiger partial charge in [-0.1, -0.05) is 29.8 Å². The van der Waals surface area contributed by atoms with Crippen molar-refractivity contribution in [2.75, 3.05) is 0 Å². The van der Waals surface area contributed by atoms with Gasteiger partial charge in [-0.05, 0) is 18.2 Å². The molecule has 0 amide bonds. The zero-order chi connectivity index (χ0) is 15.7. The summed E-state index contributed by atoms with van der Waals surface area (Å²) in [7, 11) is 1.52. The summed E-state index contributed by atoms with van der Waals surface area (Å²) in [6.45, 7) is 3.58. The second-order valence-electron chi connectivity index (χ2n) is 4.75. The summed E-state index contributed by atoms with van der Waals surface area (Å²) in [6, 6.07) is 4.13. The van der Waals surface area contributed by atoms with Crippen molar-refractivity contribution in [3.8, 4) is 11.6 Å². The molecule has 0 atom stereocenters. The van der Waals surface area contributed by atoms with Crippen molar-refractivity contribution in [1.82, 2.24) is 9.78 Å². The molecule has 2 aromatic rings. The highest BCUT2D eigenvalue weighted by molar-refractivity contribution is 9.10. The fourth-order valence-corrected chi connectivity index (χ4v) is 2.19. The lowest BCUT2D eigenvalue weighted by Gasteiger charge is -2.06. The Morgan fingerprint density at radius 3 is 2.71 bits per heavy atom. The highest BCUT2D eigenvalue weighted by Gasteiger charge is 2.30. The number of aromatic nitrogens is 2. The number of nitrogens with zero attached hydrogens (tertiary/aromatic N) is 3. The van der Waals surface area contributed by atoms with Crippen LogP contribution in [0.15, 0.2) is 22.7 Å². The molecule has 0 spiro atoms. The van der Waals surface area contributed by atoms with Gasteiger partial charge in [0.1, 0.15) is 5.69 Å². The topological polar surface area (TPSA) is 70.2 Å². The number of rotatable bonds is 4. The smallest absolute Gasteiger partial charge is 0.354 e. The van der Waals surface area contributed by atoms with Crippen molar-refractivity contribution in [1.29, 1.82) is 0 Å². The number of ether oxygens (including phenoxy) is 1. The second kappa shape index (κ2) is 5.80. The normalized spacial score (nSPS) is 11.0. The Kier molecular flexibility index (Phi) is 4.26.